The number of carbonyl (C=O) groups excluding carboxylic acids is 1. The third kappa shape index (κ3) is 2.57. The summed E-state index contributed by atoms with van der Waals surface area (Å²) >= 11 is 6.18. The zero-order chi connectivity index (χ0) is 12.4. The predicted molar refractivity (Wildman–Crippen MR) is 75.0 cm³/mol. The molecule has 1 heterocycles. The highest BCUT2D eigenvalue weighted by atomic mass is 32.2. The minimum absolute atomic E-state index is 0.237. The van der Waals surface area contributed by atoms with Crippen LogP contribution in [0, 0.1) is 0 Å². The molecule has 2 N–H and O–H groups in total. The fraction of sp³-hybridized carbons (Fsp3) is 0.167. The summed E-state index contributed by atoms with van der Waals surface area (Å²) in [5.74, 6) is 5.26. The molecular formula is C12H12N2OS2. The lowest BCUT2D eigenvalue weighted by Gasteiger charge is -2.03. The number of benzene rings is 1. The van der Waals surface area contributed by atoms with Crippen molar-refractivity contribution in [3.05, 3.63) is 40.3 Å². The second-order valence-electron chi connectivity index (χ2n) is 3.65. The lowest BCUT2D eigenvalue weighted by atomic mass is 10.1. The number of nitrogens with two attached hydrogens (primary N) is 1. The van der Waals surface area contributed by atoms with Gasteiger partial charge in [-0.25, -0.2) is 10.9 Å². The summed E-state index contributed by atoms with van der Waals surface area (Å²) in [5, 5.41) is 1.01. The molecule has 0 aromatic heterocycles. The van der Waals surface area contributed by atoms with Crippen LogP contribution in [0.1, 0.15) is 18.1 Å². The lowest BCUT2D eigenvalue weighted by molar-refractivity contribution is -0.122. The third-order valence-corrected chi connectivity index (χ3v) is 3.84. The first-order valence-corrected chi connectivity index (χ1v) is 6.46. The summed E-state index contributed by atoms with van der Waals surface area (Å²) < 4.78 is 0.395. The monoisotopic (exact) mass is 264 g/mol. The molecule has 0 unspecified atom stereocenters. The molecule has 0 radical (unpaired) electrons. The van der Waals surface area contributed by atoms with Gasteiger partial charge in [0.25, 0.3) is 5.91 Å². The molecule has 3 nitrogen and oxygen atoms in total. The minimum Gasteiger partial charge on any atom is -0.267 e. The Bertz CT molecular complexity index is 494. The first-order valence-electron chi connectivity index (χ1n) is 5.23. The number of thioether (sulfide) groups is 1. The van der Waals surface area contributed by atoms with Crippen LogP contribution in [0.25, 0.3) is 6.08 Å². The fourth-order valence-electron chi connectivity index (χ4n) is 1.48. The molecule has 88 valence electrons. The summed E-state index contributed by atoms with van der Waals surface area (Å²) in [6, 6.07) is 8.08. The van der Waals surface area contributed by atoms with Crippen molar-refractivity contribution in [1.29, 1.82) is 0 Å². The maximum atomic E-state index is 11.7. The van der Waals surface area contributed by atoms with Crippen LogP contribution in [0.4, 0.5) is 0 Å². The molecule has 2 rings (SSSR count). The van der Waals surface area contributed by atoms with Crippen molar-refractivity contribution in [2.75, 3.05) is 0 Å². The smallest absolute Gasteiger partial charge is 0.267 e. The van der Waals surface area contributed by atoms with E-state index >= 15 is 0 Å². The summed E-state index contributed by atoms with van der Waals surface area (Å²) in [6.07, 6.45) is 2.82. The van der Waals surface area contributed by atoms with E-state index in [4.69, 9.17) is 18.1 Å². The van der Waals surface area contributed by atoms with Gasteiger partial charge >= 0.3 is 0 Å². The molecule has 0 spiro atoms. The molecule has 1 aliphatic rings. The zero-order valence-electron chi connectivity index (χ0n) is 9.34. The lowest BCUT2D eigenvalue weighted by Crippen LogP contribution is -2.34. The Morgan fingerprint density at radius 3 is 2.53 bits per heavy atom. The molecule has 0 aliphatic carbocycles. The number of nitrogens with zero attached hydrogens (tertiary/aromatic N) is 1. The molecule has 1 aliphatic heterocycles. The maximum Gasteiger partial charge on any atom is 0.280 e. The van der Waals surface area contributed by atoms with Crippen LogP contribution in [0.2, 0.25) is 0 Å². The van der Waals surface area contributed by atoms with Crippen molar-refractivity contribution in [1.82, 2.24) is 5.01 Å². The molecule has 1 amide bonds. The van der Waals surface area contributed by atoms with Gasteiger partial charge in [-0.05, 0) is 23.6 Å². The van der Waals surface area contributed by atoms with Crippen molar-refractivity contribution in [3.8, 4) is 0 Å². The first-order chi connectivity index (χ1) is 8.11. The number of rotatable bonds is 2. The molecule has 0 atom stereocenters. The van der Waals surface area contributed by atoms with Gasteiger partial charge in [0, 0.05) is 0 Å². The van der Waals surface area contributed by atoms with Crippen molar-refractivity contribution >= 4 is 40.3 Å². The largest absolute Gasteiger partial charge is 0.280 e. The van der Waals surface area contributed by atoms with Gasteiger partial charge < -0.3 is 0 Å². The Hall–Kier alpha value is -1.17. The van der Waals surface area contributed by atoms with E-state index in [2.05, 4.69) is 19.1 Å². The van der Waals surface area contributed by atoms with Crippen LogP contribution >= 0.6 is 24.0 Å². The summed E-state index contributed by atoms with van der Waals surface area (Å²) in [7, 11) is 0. The van der Waals surface area contributed by atoms with Gasteiger partial charge in [-0.2, -0.15) is 0 Å². The number of aryl methyl sites for hydroxylation is 1. The van der Waals surface area contributed by atoms with Crippen molar-refractivity contribution in [3.63, 3.8) is 0 Å². The second kappa shape index (κ2) is 5.00. The molecule has 0 bridgehead atoms. The van der Waals surface area contributed by atoms with E-state index in [0.29, 0.717) is 9.23 Å². The molecule has 1 saturated heterocycles. The van der Waals surface area contributed by atoms with Crippen LogP contribution in [0.5, 0.6) is 0 Å². The van der Waals surface area contributed by atoms with Crippen molar-refractivity contribution < 1.29 is 4.79 Å². The van der Waals surface area contributed by atoms with Crippen LogP contribution in [0.15, 0.2) is 29.2 Å². The van der Waals surface area contributed by atoms with Gasteiger partial charge in [0.2, 0.25) is 0 Å². The van der Waals surface area contributed by atoms with E-state index in [1.165, 1.54) is 17.3 Å². The molecule has 1 fully saturated rings. The predicted octanol–water partition coefficient (Wildman–Crippen LogP) is 2.32. The molecule has 1 aromatic carbocycles. The van der Waals surface area contributed by atoms with Gasteiger partial charge in [-0.1, -0.05) is 55.2 Å². The van der Waals surface area contributed by atoms with Crippen LogP contribution in [-0.2, 0) is 11.2 Å². The molecular weight excluding hydrogens is 252 g/mol. The third-order valence-electron chi connectivity index (χ3n) is 2.51. The summed E-state index contributed by atoms with van der Waals surface area (Å²) in [4.78, 5) is 12.2. The zero-order valence-corrected chi connectivity index (χ0v) is 11.0. The SMILES string of the molecule is CCc1ccc(/C=C2\SC(=S)N(N)C2=O)cc1. The van der Waals surface area contributed by atoms with E-state index in [0.717, 1.165) is 17.0 Å². The molecule has 0 saturated carbocycles. The van der Waals surface area contributed by atoms with Gasteiger partial charge in [-0.3, -0.25) is 4.79 Å². The van der Waals surface area contributed by atoms with Crippen LogP contribution in [-0.4, -0.2) is 15.2 Å². The minimum atomic E-state index is -0.237. The highest BCUT2D eigenvalue weighted by Gasteiger charge is 2.29. The first kappa shape index (κ1) is 12.3. The number of hydrogen-bond acceptors (Lipinski definition) is 4. The van der Waals surface area contributed by atoms with E-state index < -0.39 is 0 Å². The van der Waals surface area contributed by atoms with Crippen LogP contribution < -0.4 is 5.84 Å². The summed E-state index contributed by atoms with van der Waals surface area (Å²) in [5.41, 5.74) is 2.25. The van der Waals surface area contributed by atoms with Gasteiger partial charge in [-0.15, -0.1) is 0 Å². The quantitative estimate of drug-likeness (QED) is 0.385. The Morgan fingerprint density at radius 2 is 2.06 bits per heavy atom. The van der Waals surface area contributed by atoms with Gasteiger partial charge in [0.1, 0.15) is 0 Å². The number of amides is 1. The van der Waals surface area contributed by atoms with E-state index in [9.17, 15) is 4.79 Å². The average molecular weight is 264 g/mol. The Kier molecular flexibility index (Phi) is 3.61. The average Bonchev–Trinajstić information content (AvgIpc) is 2.58. The highest BCUT2D eigenvalue weighted by Crippen LogP contribution is 2.30. The summed E-state index contributed by atoms with van der Waals surface area (Å²) in [6.45, 7) is 2.11. The van der Waals surface area contributed by atoms with Crippen molar-refractivity contribution in [2.24, 2.45) is 5.84 Å². The number of thiocarbonyl (C=S) groups is 1. The van der Waals surface area contributed by atoms with E-state index in [1.54, 1.807) is 0 Å². The maximum absolute atomic E-state index is 11.7. The highest BCUT2D eigenvalue weighted by molar-refractivity contribution is 8.26. The number of hydrogen-bond donors (Lipinski definition) is 1. The molecule has 17 heavy (non-hydrogen) atoms. The number of carbonyl (C=O) groups is 1. The normalized spacial score (nSPS) is 18.2. The van der Waals surface area contributed by atoms with Gasteiger partial charge in [0.15, 0.2) is 4.32 Å². The standard InChI is InChI=1S/C12H12N2OS2/c1-2-8-3-5-9(6-4-8)7-10-11(15)14(13)12(16)17-10/h3-7H,2,13H2,1H3/b10-7-. The Morgan fingerprint density at radius 1 is 1.41 bits per heavy atom. The number of hydrazine groups is 1. The topological polar surface area (TPSA) is 46.3 Å². The van der Waals surface area contributed by atoms with Gasteiger partial charge in [0.05, 0.1) is 4.91 Å². The Balaban J connectivity index is 2.24. The molecule has 1 aromatic rings. The van der Waals surface area contributed by atoms with Crippen molar-refractivity contribution in [2.45, 2.75) is 13.3 Å². The second-order valence-corrected chi connectivity index (χ2v) is 5.32. The molecule has 5 heteroatoms. The fourth-order valence-corrected chi connectivity index (χ4v) is 2.58. The Labute approximate surface area is 110 Å². The van der Waals surface area contributed by atoms with Crippen LogP contribution in [0.3, 0.4) is 0 Å². The van der Waals surface area contributed by atoms with E-state index in [-0.39, 0.29) is 5.91 Å². The van der Waals surface area contributed by atoms with E-state index in [1.807, 2.05) is 18.2 Å².